The van der Waals surface area contributed by atoms with Gasteiger partial charge in [-0.2, -0.15) is 0 Å². The Hall–Kier alpha value is -0.145. The fraction of sp³-hybridized carbons (Fsp3) is 1.00. The smallest absolute Gasteiger partial charge is 0.449 e. The van der Waals surface area contributed by atoms with Gasteiger partial charge in [0.1, 0.15) is 0 Å². The van der Waals surface area contributed by atoms with Gasteiger partial charge in [0, 0.05) is 0 Å². The lowest BCUT2D eigenvalue weighted by Gasteiger charge is -2.46. The maximum atomic E-state index is 11.9. The van der Waals surface area contributed by atoms with Gasteiger partial charge in [-0.25, -0.2) is 0 Å². The summed E-state index contributed by atoms with van der Waals surface area (Å²) in [5.41, 5.74) is 0. The molecule has 0 nitrogen and oxygen atoms in total. The van der Waals surface area contributed by atoms with Gasteiger partial charge in [0.25, 0.3) is 0 Å². The summed E-state index contributed by atoms with van der Waals surface area (Å²) in [6.07, 6.45) is 1.44. The summed E-state index contributed by atoms with van der Waals surface area (Å²) in [5.74, 6) is 0. The molecule has 1 fully saturated rings. The van der Waals surface area contributed by atoms with E-state index in [4.69, 9.17) is 0 Å². The van der Waals surface area contributed by atoms with E-state index < -0.39 is 12.3 Å². The van der Waals surface area contributed by atoms with E-state index in [-0.39, 0.29) is 0 Å². The van der Waals surface area contributed by atoms with Crippen LogP contribution in [0.2, 0.25) is 5.31 Å². The molecule has 54 valence electrons. The molecule has 0 aliphatic heterocycles. The molecule has 0 heterocycles. The third kappa shape index (κ3) is 0.948. The molecule has 0 aromatic rings. The van der Waals surface area contributed by atoms with Crippen molar-refractivity contribution in [2.24, 2.45) is 0 Å². The molecule has 1 aliphatic rings. The van der Waals surface area contributed by atoms with Crippen molar-refractivity contribution in [1.82, 2.24) is 0 Å². The van der Waals surface area contributed by atoms with Gasteiger partial charge in [0.15, 0.2) is 0 Å². The zero-order chi connectivity index (χ0) is 7.12. The second-order valence-electron chi connectivity index (χ2n) is 3.08. The molecule has 0 spiro atoms. The Kier molecular flexibility index (Phi) is 1.29. The van der Waals surface area contributed by atoms with Crippen LogP contribution in [0.4, 0.5) is 12.9 Å². The molecule has 0 radical (unpaired) electrons. The van der Waals surface area contributed by atoms with Crippen LogP contribution >= 0.6 is 0 Å². The Bertz CT molecular complexity index is 114. The molecule has 1 saturated carbocycles. The van der Waals surface area contributed by atoms with E-state index in [0.717, 1.165) is 6.42 Å². The van der Waals surface area contributed by atoms with Crippen LogP contribution in [0.3, 0.4) is 0 Å². The maximum absolute atomic E-state index is 11.9. The highest BCUT2D eigenvalue weighted by Gasteiger charge is 2.49. The molecule has 4 heteroatoms. The third-order valence-electron chi connectivity index (χ3n) is 2.29. The molecule has 0 bridgehead atoms. The first-order valence-corrected chi connectivity index (χ1v) is 3.15. The van der Waals surface area contributed by atoms with E-state index in [1.165, 1.54) is 6.92 Å². The summed E-state index contributed by atoms with van der Waals surface area (Å²) >= 11 is 0. The average molecular weight is 137 g/mol. The first-order valence-electron chi connectivity index (χ1n) is 3.15. The predicted octanol–water partition coefficient (Wildman–Crippen LogP) is 2.78. The second kappa shape index (κ2) is 1.67. The van der Waals surface area contributed by atoms with Crippen LogP contribution in [-0.4, -0.2) is 6.98 Å². The van der Waals surface area contributed by atoms with E-state index in [1.807, 2.05) is 0 Å². The van der Waals surface area contributed by atoms with Gasteiger partial charge in [-0.1, -0.05) is 31.5 Å². The van der Waals surface area contributed by atoms with Crippen LogP contribution in [0.25, 0.3) is 0 Å². The Labute approximate surface area is 52.5 Å². The summed E-state index contributed by atoms with van der Waals surface area (Å²) < 4.78 is 35.8. The van der Waals surface area contributed by atoms with Gasteiger partial charge in [-0.05, 0) is 0 Å². The van der Waals surface area contributed by atoms with Crippen molar-refractivity contribution >= 4 is 6.98 Å². The van der Waals surface area contributed by atoms with Crippen molar-refractivity contribution in [3.8, 4) is 0 Å². The standard InChI is InChI=1S/C5H9BF3/c1-5(3-2-4-5)6(7,8)9/h2-4H2,1H3/q-1. The molecule has 0 amide bonds. The van der Waals surface area contributed by atoms with E-state index >= 15 is 0 Å². The van der Waals surface area contributed by atoms with Gasteiger partial charge < -0.3 is 12.9 Å². The molecule has 0 aromatic carbocycles. The van der Waals surface area contributed by atoms with Crippen LogP contribution in [-0.2, 0) is 0 Å². The molecule has 0 atom stereocenters. The summed E-state index contributed by atoms with van der Waals surface area (Å²) in [5, 5.41) is -1.28. The van der Waals surface area contributed by atoms with Crippen molar-refractivity contribution in [1.29, 1.82) is 0 Å². The lowest BCUT2D eigenvalue weighted by Crippen LogP contribution is -2.39. The van der Waals surface area contributed by atoms with Gasteiger partial charge in [-0.3, -0.25) is 0 Å². The quantitative estimate of drug-likeness (QED) is 0.487. The minimum Gasteiger partial charge on any atom is -0.449 e. The number of rotatable bonds is 1. The van der Waals surface area contributed by atoms with Crippen LogP contribution in [0.5, 0.6) is 0 Å². The summed E-state index contributed by atoms with van der Waals surface area (Å²) in [7, 11) is 0. The van der Waals surface area contributed by atoms with Crippen molar-refractivity contribution in [2.45, 2.75) is 31.5 Å². The first-order chi connectivity index (χ1) is 3.96. The number of hydrogen-bond donors (Lipinski definition) is 0. The maximum Gasteiger partial charge on any atom is 0.484 e. The largest absolute Gasteiger partial charge is 0.484 e. The predicted molar refractivity (Wildman–Crippen MR) is 31.3 cm³/mol. The summed E-state index contributed by atoms with van der Waals surface area (Å²) in [6.45, 7) is -3.25. The molecule has 1 rings (SSSR count). The minimum atomic E-state index is -4.57. The average Bonchev–Trinajstić information content (AvgIpc) is 1.57. The molecular formula is C5H9BF3-. The molecule has 9 heavy (non-hydrogen) atoms. The summed E-state index contributed by atoms with van der Waals surface area (Å²) in [6, 6.07) is 0. The van der Waals surface area contributed by atoms with Crippen LogP contribution in [0, 0.1) is 0 Å². The van der Waals surface area contributed by atoms with Crippen molar-refractivity contribution in [2.75, 3.05) is 0 Å². The SMILES string of the molecule is CC1([B-](F)(F)F)CCC1. The topological polar surface area (TPSA) is 0 Å². The fourth-order valence-electron chi connectivity index (χ4n) is 1.06. The van der Waals surface area contributed by atoms with Crippen LogP contribution < -0.4 is 0 Å². The zero-order valence-corrected chi connectivity index (χ0v) is 5.33. The Balaban J connectivity index is 2.59. The molecular weight excluding hydrogens is 128 g/mol. The highest BCUT2D eigenvalue weighted by molar-refractivity contribution is 6.62. The highest BCUT2D eigenvalue weighted by Crippen LogP contribution is 2.56. The number of hydrogen-bond acceptors (Lipinski definition) is 0. The Morgan fingerprint density at radius 2 is 1.67 bits per heavy atom. The zero-order valence-electron chi connectivity index (χ0n) is 5.33. The Morgan fingerprint density at radius 3 is 1.67 bits per heavy atom. The summed E-state index contributed by atoms with van der Waals surface area (Å²) in [4.78, 5) is 0. The van der Waals surface area contributed by atoms with Gasteiger partial charge in [0.2, 0.25) is 0 Å². The van der Waals surface area contributed by atoms with E-state index in [1.54, 1.807) is 0 Å². The normalized spacial score (nSPS) is 25.3. The van der Waals surface area contributed by atoms with Gasteiger partial charge in [0.05, 0.1) is 0 Å². The van der Waals surface area contributed by atoms with E-state index in [9.17, 15) is 12.9 Å². The molecule has 1 aliphatic carbocycles. The first kappa shape index (κ1) is 6.97. The van der Waals surface area contributed by atoms with Gasteiger partial charge >= 0.3 is 6.98 Å². The second-order valence-corrected chi connectivity index (χ2v) is 3.08. The highest BCUT2D eigenvalue weighted by atomic mass is 19.4. The van der Waals surface area contributed by atoms with E-state index in [0.29, 0.717) is 12.8 Å². The van der Waals surface area contributed by atoms with E-state index in [2.05, 4.69) is 0 Å². The van der Waals surface area contributed by atoms with Gasteiger partial charge in [-0.15, -0.1) is 0 Å². The molecule has 0 aromatic heterocycles. The fourth-order valence-corrected chi connectivity index (χ4v) is 1.06. The monoisotopic (exact) mass is 137 g/mol. The van der Waals surface area contributed by atoms with Crippen LogP contribution in [0.1, 0.15) is 26.2 Å². The third-order valence-corrected chi connectivity index (χ3v) is 2.29. The van der Waals surface area contributed by atoms with Crippen molar-refractivity contribution < 1.29 is 12.9 Å². The number of halogens is 3. The molecule has 0 unspecified atom stereocenters. The molecule has 0 N–H and O–H groups in total. The molecule has 0 saturated heterocycles. The minimum absolute atomic E-state index is 0.344. The van der Waals surface area contributed by atoms with Crippen molar-refractivity contribution in [3.05, 3.63) is 0 Å². The lowest BCUT2D eigenvalue weighted by molar-refractivity contribution is 0.260. The lowest BCUT2D eigenvalue weighted by atomic mass is 9.48. The Morgan fingerprint density at radius 1 is 1.22 bits per heavy atom. The van der Waals surface area contributed by atoms with Crippen molar-refractivity contribution in [3.63, 3.8) is 0 Å². The van der Waals surface area contributed by atoms with Crippen LogP contribution in [0.15, 0.2) is 0 Å².